The molecule has 0 radical (unpaired) electrons. The van der Waals surface area contributed by atoms with Crippen LogP contribution in [0.25, 0.3) is 22.2 Å². The lowest BCUT2D eigenvalue weighted by molar-refractivity contribution is 0.0696. The summed E-state index contributed by atoms with van der Waals surface area (Å²) in [7, 11) is 0. The largest absolute Gasteiger partial charge is 0.478 e. The maximum Gasteiger partial charge on any atom is 0.337 e. The van der Waals surface area contributed by atoms with Crippen molar-refractivity contribution in [2.24, 2.45) is 0 Å². The lowest BCUT2D eigenvalue weighted by Crippen LogP contribution is -2.17. The molecule has 1 aromatic carbocycles. The number of para-hydroxylation sites is 1. The number of aromatic carboxylic acids is 1. The predicted molar refractivity (Wildman–Crippen MR) is 82.1 cm³/mol. The molecule has 23 heavy (non-hydrogen) atoms. The van der Waals surface area contributed by atoms with Crippen LogP contribution in [-0.4, -0.2) is 35.5 Å². The van der Waals surface area contributed by atoms with E-state index in [2.05, 4.69) is 15.2 Å². The average Bonchev–Trinajstić information content (AvgIpc) is 3.06. The number of aryl methyl sites for hydroxylation is 1. The van der Waals surface area contributed by atoms with Gasteiger partial charge in [-0.05, 0) is 24.6 Å². The first-order chi connectivity index (χ1) is 11.1. The first-order valence-electron chi connectivity index (χ1n) is 6.84. The molecule has 0 saturated heterocycles. The van der Waals surface area contributed by atoms with Gasteiger partial charge < -0.3 is 5.11 Å². The molecule has 4 rings (SSSR count). The topological polar surface area (TPSA) is 105 Å². The molecule has 4 aromatic rings. The number of rotatable bonds is 2. The Morgan fingerprint density at radius 3 is 2.83 bits per heavy atom. The molecule has 8 nitrogen and oxygen atoms in total. The highest BCUT2D eigenvalue weighted by Crippen LogP contribution is 2.21. The number of nitrogens with one attached hydrogen (secondary N) is 1. The molecule has 3 aromatic heterocycles. The second-order valence-corrected chi connectivity index (χ2v) is 5.15. The third-order valence-electron chi connectivity index (χ3n) is 3.84. The molecule has 0 saturated carbocycles. The fourth-order valence-corrected chi connectivity index (χ4v) is 2.73. The molecule has 0 aliphatic rings. The van der Waals surface area contributed by atoms with Gasteiger partial charge in [-0.15, -0.1) is 0 Å². The maximum atomic E-state index is 12.6. The van der Waals surface area contributed by atoms with Crippen LogP contribution in [0, 0.1) is 6.92 Å². The summed E-state index contributed by atoms with van der Waals surface area (Å²) in [5.74, 6) is -0.742. The molecule has 0 unspecified atom stereocenters. The Bertz CT molecular complexity index is 1140. The quantitative estimate of drug-likeness (QED) is 0.582. The zero-order valence-electron chi connectivity index (χ0n) is 12.0. The molecule has 0 aliphatic heterocycles. The first kappa shape index (κ1) is 13.3. The third-order valence-corrected chi connectivity index (χ3v) is 3.84. The van der Waals surface area contributed by atoms with Crippen LogP contribution in [0.4, 0.5) is 0 Å². The molecule has 0 aliphatic carbocycles. The van der Waals surface area contributed by atoms with Crippen molar-refractivity contribution in [3.63, 3.8) is 0 Å². The molecule has 0 bridgehead atoms. The van der Waals surface area contributed by atoms with Gasteiger partial charge in [-0.2, -0.15) is 9.78 Å². The summed E-state index contributed by atoms with van der Waals surface area (Å²) in [6, 6.07) is 7.11. The number of benzene rings is 1. The summed E-state index contributed by atoms with van der Waals surface area (Å²) in [6.07, 6.45) is 2.69. The minimum atomic E-state index is -1.05. The van der Waals surface area contributed by atoms with E-state index in [1.54, 1.807) is 25.1 Å². The molecule has 2 N–H and O–H groups in total. The van der Waals surface area contributed by atoms with Gasteiger partial charge in [-0.3, -0.25) is 9.89 Å². The second kappa shape index (κ2) is 4.54. The Morgan fingerprint density at radius 2 is 2.09 bits per heavy atom. The van der Waals surface area contributed by atoms with Crippen LogP contribution in [0.15, 0.2) is 41.6 Å². The van der Waals surface area contributed by atoms with Crippen molar-refractivity contribution < 1.29 is 9.90 Å². The van der Waals surface area contributed by atoms with Crippen LogP contribution in [0.5, 0.6) is 0 Å². The van der Waals surface area contributed by atoms with Crippen LogP contribution >= 0.6 is 0 Å². The van der Waals surface area contributed by atoms with Gasteiger partial charge in [0.05, 0.1) is 16.5 Å². The first-order valence-corrected chi connectivity index (χ1v) is 6.84. The lowest BCUT2D eigenvalue weighted by Gasteiger charge is -2.03. The van der Waals surface area contributed by atoms with Crippen molar-refractivity contribution in [2.75, 3.05) is 0 Å². The highest BCUT2D eigenvalue weighted by molar-refractivity contribution is 5.93. The van der Waals surface area contributed by atoms with Crippen molar-refractivity contribution >= 4 is 22.4 Å². The summed E-state index contributed by atoms with van der Waals surface area (Å²) in [4.78, 5) is 28.1. The molecule has 3 heterocycles. The van der Waals surface area contributed by atoms with Gasteiger partial charge in [0.25, 0.3) is 5.56 Å². The number of aromatic amines is 1. The van der Waals surface area contributed by atoms with Crippen LogP contribution < -0.4 is 5.56 Å². The fourth-order valence-electron chi connectivity index (χ4n) is 2.73. The molecule has 0 atom stereocenters. The van der Waals surface area contributed by atoms with E-state index in [0.717, 1.165) is 0 Å². The maximum absolute atomic E-state index is 12.6. The summed E-state index contributed by atoms with van der Waals surface area (Å²) >= 11 is 0. The smallest absolute Gasteiger partial charge is 0.337 e. The SMILES string of the molecule is Cc1c(C(=O)O)cn2ncnc(-n3[nH]c4ccccc4c3=O)c12. The fraction of sp³-hybridized carbons (Fsp3) is 0.0667. The van der Waals surface area contributed by atoms with Crippen molar-refractivity contribution in [1.29, 1.82) is 0 Å². The van der Waals surface area contributed by atoms with E-state index in [1.165, 1.54) is 21.7 Å². The lowest BCUT2D eigenvalue weighted by atomic mass is 10.2. The van der Waals surface area contributed by atoms with Gasteiger partial charge in [0, 0.05) is 6.20 Å². The molecule has 8 heteroatoms. The van der Waals surface area contributed by atoms with Crippen molar-refractivity contribution in [3.8, 4) is 5.82 Å². The Kier molecular flexibility index (Phi) is 2.61. The van der Waals surface area contributed by atoms with Crippen molar-refractivity contribution in [2.45, 2.75) is 6.92 Å². The monoisotopic (exact) mass is 309 g/mol. The number of nitrogens with zero attached hydrogens (tertiary/aromatic N) is 4. The summed E-state index contributed by atoms with van der Waals surface area (Å²) in [6.45, 7) is 1.67. The second-order valence-electron chi connectivity index (χ2n) is 5.15. The van der Waals surface area contributed by atoms with E-state index >= 15 is 0 Å². The number of hydrogen-bond donors (Lipinski definition) is 2. The minimum absolute atomic E-state index is 0.121. The van der Waals surface area contributed by atoms with E-state index in [-0.39, 0.29) is 11.1 Å². The van der Waals surface area contributed by atoms with Crippen LogP contribution in [0.2, 0.25) is 0 Å². The van der Waals surface area contributed by atoms with Gasteiger partial charge in [-0.25, -0.2) is 14.3 Å². The van der Waals surface area contributed by atoms with E-state index in [0.29, 0.717) is 27.8 Å². The standard InChI is InChI=1S/C15H11N5O3/c1-8-10(15(22)23)6-19-12(8)13(16-7-17-19)20-14(21)9-4-2-3-5-11(9)18-20/h2-7,18H,1H3,(H,22,23). The number of aromatic nitrogens is 5. The Labute approximate surface area is 128 Å². The highest BCUT2D eigenvalue weighted by atomic mass is 16.4. The molecule has 0 fully saturated rings. The highest BCUT2D eigenvalue weighted by Gasteiger charge is 2.19. The van der Waals surface area contributed by atoms with Gasteiger partial charge in [0.15, 0.2) is 5.82 Å². The minimum Gasteiger partial charge on any atom is -0.478 e. The third kappa shape index (κ3) is 1.78. The van der Waals surface area contributed by atoms with E-state index in [1.807, 2.05) is 6.07 Å². The van der Waals surface area contributed by atoms with E-state index < -0.39 is 5.97 Å². The molecule has 0 amide bonds. The normalized spacial score (nSPS) is 11.3. The van der Waals surface area contributed by atoms with Crippen LogP contribution in [0.1, 0.15) is 15.9 Å². The molecule has 0 spiro atoms. The number of hydrogen-bond acceptors (Lipinski definition) is 4. The van der Waals surface area contributed by atoms with Gasteiger partial charge in [0.1, 0.15) is 11.8 Å². The zero-order chi connectivity index (χ0) is 16.1. The van der Waals surface area contributed by atoms with Crippen LogP contribution in [0.3, 0.4) is 0 Å². The molecular weight excluding hydrogens is 298 g/mol. The number of H-pyrrole nitrogens is 1. The van der Waals surface area contributed by atoms with Crippen molar-refractivity contribution in [3.05, 3.63) is 58.3 Å². The Hall–Kier alpha value is -3.42. The Morgan fingerprint density at radius 1 is 1.30 bits per heavy atom. The number of carbonyl (C=O) groups is 1. The van der Waals surface area contributed by atoms with E-state index in [9.17, 15) is 14.7 Å². The predicted octanol–water partition coefficient (Wildman–Crippen LogP) is 1.37. The summed E-state index contributed by atoms with van der Waals surface area (Å²) < 4.78 is 2.72. The number of carboxylic acid groups (broad SMARTS) is 1. The summed E-state index contributed by atoms with van der Waals surface area (Å²) in [5, 5.41) is 16.8. The number of carboxylic acids is 1. The van der Waals surface area contributed by atoms with Gasteiger partial charge in [0.2, 0.25) is 0 Å². The van der Waals surface area contributed by atoms with E-state index in [4.69, 9.17) is 0 Å². The zero-order valence-corrected chi connectivity index (χ0v) is 12.0. The average molecular weight is 309 g/mol. The van der Waals surface area contributed by atoms with Gasteiger partial charge in [-0.1, -0.05) is 12.1 Å². The molecule has 114 valence electrons. The van der Waals surface area contributed by atoms with Crippen LogP contribution in [-0.2, 0) is 0 Å². The number of fused-ring (bicyclic) bond motifs is 2. The van der Waals surface area contributed by atoms with Crippen molar-refractivity contribution in [1.82, 2.24) is 24.4 Å². The summed E-state index contributed by atoms with van der Waals surface area (Å²) in [5.41, 5.74) is 1.52. The Balaban J connectivity index is 2.11. The molecular formula is C15H11N5O3. The van der Waals surface area contributed by atoms with Gasteiger partial charge >= 0.3 is 5.97 Å².